The maximum absolute atomic E-state index is 14.2. The molecular formula is C24H29FN2O5S. The quantitative estimate of drug-likeness (QED) is 0.608. The van der Waals surface area contributed by atoms with Crippen molar-refractivity contribution in [3.05, 3.63) is 65.5 Å². The molecule has 0 bridgehead atoms. The number of para-hydroxylation sites is 1. The molecule has 0 radical (unpaired) electrons. The van der Waals surface area contributed by atoms with Gasteiger partial charge < -0.3 is 15.4 Å². The van der Waals surface area contributed by atoms with E-state index in [2.05, 4.69) is 10.6 Å². The van der Waals surface area contributed by atoms with Crippen molar-refractivity contribution in [3.63, 3.8) is 0 Å². The standard InChI is InChI=1S/C24H29FN2O5S/c1-3-7-21(28)33(30,31)23(27-22(29)19-10-4-5-11-20(19)32-2)24(12-14-26-15-13-24)17-8-6-9-18(25)16-17/h4-6,8-11,16,23,26H,3,7,12-15H2,1-2H3,(H,27,29). The SMILES string of the molecule is CCCC(=O)S(=O)(=O)C(NC(=O)c1ccccc1OC)C1(c2cccc(F)c2)CCNCC1. The summed E-state index contributed by atoms with van der Waals surface area (Å²) in [5, 5.41) is 3.32. The van der Waals surface area contributed by atoms with E-state index < -0.39 is 37.5 Å². The Kier molecular flexibility index (Phi) is 7.86. The molecule has 1 fully saturated rings. The lowest BCUT2D eigenvalue weighted by Crippen LogP contribution is -2.59. The Bertz CT molecular complexity index is 1110. The van der Waals surface area contributed by atoms with Crippen molar-refractivity contribution in [1.29, 1.82) is 0 Å². The molecule has 1 heterocycles. The second-order valence-electron chi connectivity index (χ2n) is 8.14. The van der Waals surface area contributed by atoms with E-state index in [0.29, 0.717) is 37.9 Å². The summed E-state index contributed by atoms with van der Waals surface area (Å²) in [6.45, 7) is 2.62. The van der Waals surface area contributed by atoms with E-state index in [4.69, 9.17) is 4.74 Å². The summed E-state index contributed by atoms with van der Waals surface area (Å²) in [6, 6.07) is 12.2. The zero-order chi connectivity index (χ0) is 24.1. The van der Waals surface area contributed by atoms with Crippen LogP contribution < -0.4 is 15.4 Å². The van der Waals surface area contributed by atoms with Gasteiger partial charge in [-0.2, -0.15) is 0 Å². The van der Waals surface area contributed by atoms with Crippen LogP contribution in [0.1, 0.15) is 48.5 Å². The second-order valence-corrected chi connectivity index (χ2v) is 10.2. The average Bonchev–Trinajstić information content (AvgIpc) is 2.82. The predicted octanol–water partition coefficient (Wildman–Crippen LogP) is 2.95. The van der Waals surface area contributed by atoms with Crippen LogP contribution in [-0.2, 0) is 20.0 Å². The third kappa shape index (κ3) is 5.09. The van der Waals surface area contributed by atoms with Gasteiger partial charge in [-0.15, -0.1) is 0 Å². The summed E-state index contributed by atoms with van der Waals surface area (Å²) in [5.74, 6) is -0.923. The van der Waals surface area contributed by atoms with Gasteiger partial charge in [-0.25, -0.2) is 12.8 Å². The highest BCUT2D eigenvalue weighted by Crippen LogP contribution is 2.40. The molecular weight excluding hydrogens is 447 g/mol. The molecule has 1 atom stereocenters. The van der Waals surface area contributed by atoms with E-state index in [1.165, 1.54) is 31.4 Å². The number of carbonyl (C=O) groups excluding carboxylic acids is 2. The van der Waals surface area contributed by atoms with Crippen LogP contribution in [0.5, 0.6) is 5.75 Å². The van der Waals surface area contributed by atoms with Gasteiger partial charge in [-0.1, -0.05) is 31.2 Å². The maximum Gasteiger partial charge on any atom is 0.256 e. The van der Waals surface area contributed by atoms with Crippen LogP contribution in [0.4, 0.5) is 4.39 Å². The molecule has 0 saturated carbocycles. The topological polar surface area (TPSA) is 102 Å². The highest BCUT2D eigenvalue weighted by Gasteiger charge is 2.51. The van der Waals surface area contributed by atoms with E-state index in [1.54, 1.807) is 31.2 Å². The molecule has 1 aliphatic heterocycles. The fourth-order valence-electron chi connectivity index (χ4n) is 4.39. The first-order valence-electron chi connectivity index (χ1n) is 10.9. The number of nitrogens with one attached hydrogen (secondary N) is 2. The van der Waals surface area contributed by atoms with Crippen molar-refractivity contribution in [2.75, 3.05) is 20.2 Å². The molecule has 0 aliphatic carbocycles. The molecule has 0 spiro atoms. The Hall–Kier alpha value is -2.78. The van der Waals surface area contributed by atoms with Crippen LogP contribution in [0.3, 0.4) is 0 Å². The van der Waals surface area contributed by atoms with Crippen molar-refractivity contribution in [2.24, 2.45) is 0 Å². The zero-order valence-corrected chi connectivity index (χ0v) is 19.6. The van der Waals surface area contributed by atoms with Gasteiger partial charge in [-0.3, -0.25) is 9.59 Å². The first-order chi connectivity index (χ1) is 15.8. The molecule has 178 valence electrons. The third-order valence-electron chi connectivity index (χ3n) is 6.09. The first kappa shape index (κ1) is 24.9. The van der Waals surface area contributed by atoms with Crippen LogP contribution in [0.2, 0.25) is 0 Å². The number of benzene rings is 2. The molecule has 1 unspecified atom stereocenters. The van der Waals surface area contributed by atoms with E-state index in [-0.39, 0.29) is 17.7 Å². The fraction of sp³-hybridized carbons (Fsp3) is 0.417. The van der Waals surface area contributed by atoms with Crippen molar-refractivity contribution in [3.8, 4) is 5.75 Å². The molecule has 2 aromatic carbocycles. The number of sulfone groups is 1. The Morgan fingerprint density at radius 2 is 1.85 bits per heavy atom. The predicted molar refractivity (Wildman–Crippen MR) is 123 cm³/mol. The Labute approximate surface area is 193 Å². The Morgan fingerprint density at radius 3 is 2.48 bits per heavy atom. The number of carbonyl (C=O) groups is 2. The summed E-state index contributed by atoms with van der Waals surface area (Å²) >= 11 is 0. The number of hydrogen-bond donors (Lipinski definition) is 2. The van der Waals surface area contributed by atoms with Gasteiger partial charge in [0.2, 0.25) is 15.0 Å². The van der Waals surface area contributed by atoms with Crippen LogP contribution >= 0.6 is 0 Å². The molecule has 7 nitrogen and oxygen atoms in total. The summed E-state index contributed by atoms with van der Waals surface area (Å²) in [5.41, 5.74) is -0.610. The van der Waals surface area contributed by atoms with E-state index in [0.717, 1.165) is 0 Å². The molecule has 2 aromatic rings. The third-order valence-corrected chi connectivity index (χ3v) is 8.12. The molecule has 33 heavy (non-hydrogen) atoms. The smallest absolute Gasteiger partial charge is 0.256 e. The molecule has 1 amide bonds. The zero-order valence-electron chi connectivity index (χ0n) is 18.8. The fourth-order valence-corrected chi connectivity index (χ4v) is 6.37. The van der Waals surface area contributed by atoms with Crippen LogP contribution in [0.25, 0.3) is 0 Å². The number of ether oxygens (including phenoxy) is 1. The van der Waals surface area contributed by atoms with E-state index in [9.17, 15) is 22.4 Å². The summed E-state index contributed by atoms with van der Waals surface area (Å²) in [7, 11) is -3.06. The minimum atomic E-state index is -4.47. The van der Waals surface area contributed by atoms with Crippen molar-refractivity contribution in [2.45, 2.75) is 43.4 Å². The normalized spacial score (nSPS) is 16.6. The van der Waals surface area contributed by atoms with Crippen molar-refractivity contribution < 1.29 is 27.1 Å². The van der Waals surface area contributed by atoms with Gasteiger partial charge in [0.1, 0.15) is 16.9 Å². The lowest BCUT2D eigenvalue weighted by atomic mass is 9.72. The Balaban J connectivity index is 2.16. The lowest BCUT2D eigenvalue weighted by Gasteiger charge is -2.43. The van der Waals surface area contributed by atoms with Gasteiger partial charge >= 0.3 is 0 Å². The van der Waals surface area contributed by atoms with Crippen LogP contribution in [0.15, 0.2) is 48.5 Å². The Morgan fingerprint density at radius 1 is 1.15 bits per heavy atom. The summed E-state index contributed by atoms with van der Waals surface area (Å²) in [6.07, 6.45) is 0.776. The minimum absolute atomic E-state index is 0.145. The summed E-state index contributed by atoms with van der Waals surface area (Å²) in [4.78, 5) is 26.1. The van der Waals surface area contributed by atoms with E-state index in [1.807, 2.05) is 0 Å². The highest BCUT2D eigenvalue weighted by atomic mass is 32.2. The molecule has 1 saturated heterocycles. The average molecular weight is 477 g/mol. The number of methoxy groups -OCH3 is 1. The van der Waals surface area contributed by atoms with Gasteiger partial charge in [0, 0.05) is 11.8 Å². The molecule has 2 N–H and O–H groups in total. The van der Waals surface area contributed by atoms with Crippen molar-refractivity contribution >= 4 is 20.9 Å². The molecule has 3 rings (SSSR count). The van der Waals surface area contributed by atoms with Crippen molar-refractivity contribution in [1.82, 2.24) is 10.6 Å². The molecule has 1 aliphatic rings. The number of halogens is 1. The molecule has 0 aromatic heterocycles. The summed E-state index contributed by atoms with van der Waals surface area (Å²) < 4.78 is 46.7. The second kappa shape index (κ2) is 10.4. The number of rotatable bonds is 8. The van der Waals surface area contributed by atoms with Gasteiger partial charge in [0.25, 0.3) is 5.91 Å². The van der Waals surface area contributed by atoms with Crippen LogP contribution in [0, 0.1) is 5.82 Å². The van der Waals surface area contributed by atoms with Gasteiger partial charge in [0.15, 0.2) is 0 Å². The number of amides is 1. The first-order valence-corrected chi connectivity index (χ1v) is 12.5. The number of piperidine rings is 1. The van der Waals surface area contributed by atoms with Gasteiger partial charge in [-0.05, 0) is 62.2 Å². The lowest BCUT2D eigenvalue weighted by molar-refractivity contribution is -0.111. The number of hydrogen-bond acceptors (Lipinski definition) is 6. The van der Waals surface area contributed by atoms with E-state index >= 15 is 0 Å². The van der Waals surface area contributed by atoms with Crippen LogP contribution in [-0.4, -0.2) is 45.0 Å². The molecule has 9 heteroatoms. The maximum atomic E-state index is 14.2. The largest absolute Gasteiger partial charge is 0.496 e. The van der Waals surface area contributed by atoms with Gasteiger partial charge in [0.05, 0.1) is 12.7 Å². The monoisotopic (exact) mass is 476 g/mol. The highest BCUT2D eigenvalue weighted by molar-refractivity contribution is 8.06. The minimum Gasteiger partial charge on any atom is -0.496 e.